The van der Waals surface area contributed by atoms with Gasteiger partial charge in [0.1, 0.15) is 11.5 Å². The van der Waals surface area contributed by atoms with E-state index < -0.39 is 0 Å². The summed E-state index contributed by atoms with van der Waals surface area (Å²) < 4.78 is 5.43. The second-order valence-corrected chi connectivity index (χ2v) is 3.66. The smallest absolute Gasteiger partial charge is 0.117 e. The first kappa shape index (κ1) is 11.3. The fourth-order valence-corrected chi connectivity index (χ4v) is 1.35. The van der Waals surface area contributed by atoms with Crippen LogP contribution >= 0.6 is 0 Å². The predicted molar refractivity (Wildman–Crippen MR) is 56.1 cm³/mol. The maximum absolute atomic E-state index is 8.66. The molecule has 0 fully saturated rings. The van der Waals surface area contributed by atoms with Crippen LogP contribution in [0.25, 0.3) is 0 Å². The van der Waals surface area contributed by atoms with Gasteiger partial charge in [0.25, 0.3) is 0 Å². The molecule has 2 N–H and O–H groups in total. The molecule has 0 unspecified atom stereocenters. The molecule has 1 aromatic heterocycles. The number of aliphatic hydroxyl groups is 1. The monoisotopic (exact) mass is 197 g/mol. The van der Waals surface area contributed by atoms with Crippen LogP contribution in [-0.4, -0.2) is 17.8 Å². The molecule has 3 nitrogen and oxygen atoms in total. The van der Waals surface area contributed by atoms with Crippen molar-refractivity contribution in [3.05, 3.63) is 23.7 Å². The summed E-state index contributed by atoms with van der Waals surface area (Å²) in [6, 6.07) is 4.38. The van der Waals surface area contributed by atoms with Crippen LogP contribution in [0.1, 0.15) is 31.3 Å². The van der Waals surface area contributed by atoms with Gasteiger partial charge in [0.2, 0.25) is 0 Å². The minimum atomic E-state index is 0.270. The Kier molecular flexibility index (Phi) is 4.70. The Morgan fingerprint density at radius 2 is 2.29 bits per heavy atom. The molecule has 0 aliphatic carbocycles. The van der Waals surface area contributed by atoms with Crippen LogP contribution in [0.15, 0.2) is 16.5 Å². The zero-order chi connectivity index (χ0) is 10.4. The molecule has 14 heavy (non-hydrogen) atoms. The molecule has 0 saturated carbocycles. The van der Waals surface area contributed by atoms with Gasteiger partial charge in [-0.3, -0.25) is 0 Å². The average molecular weight is 197 g/mol. The number of rotatable bonds is 6. The van der Waals surface area contributed by atoms with Crippen molar-refractivity contribution >= 4 is 0 Å². The molecule has 0 radical (unpaired) electrons. The third-order valence-corrected chi connectivity index (χ3v) is 2.22. The van der Waals surface area contributed by atoms with E-state index in [0.29, 0.717) is 6.04 Å². The zero-order valence-corrected chi connectivity index (χ0v) is 8.92. The Bertz CT molecular complexity index is 258. The van der Waals surface area contributed by atoms with E-state index in [1.807, 2.05) is 19.1 Å². The predicted octanol–water partition coefficient (Wildman–Crippen LogP) is 1.84. The van der Waals surface area contributed by atoms with E-state index in [1.165, 1.54) is 0 Å². The van der Waals surface area contributed by atoms with Crippen LogP contribution in [0.5, 0.6) is 0 Å². The average Bonchev–Trinajstić information content (AvgIpc) is 2.58. The first-order valence-corrected chi connectivity index (χ1v) is 5.12. The number of hydrogen-bond acceptors (Lipinski definition) is 3. The molecule has 0 saturated heterocycles. The maximum atomic E-state index is 8.66. The summed E-state index contributed by atoms with van der Waals surface area (Å²) >= 11 is 0. The van der Waals surface area contributed by atoms with Crippen molar-refractivity contribution in [3.63, 3.8) is 0 Å². The lowest BCUT2D eigenvalue weighted by Crippen LogP contribution is -2.25. The summed E-state index contributed by atoms with van der Waals surface area (Å²) in [5, 5.41) is 12.0. The largest absolute Gasteiger partial charge is 0.465 e. The van der Waals surface area contributed by atoms with Crippen LogP contribution in [-0.2, 0) is 6.54 Å². The van der Waals surface area contributed by atoms with Gasteiger partial charge < -0.3 is 14.8 Å². The third-order valence-electron chi connectivity index (χ3n) is 2.22. The van der Waals surface area contributed by atoms with Crippen molar-refractivity contribution in [2.24, 2.45) is 0 Å². The zero-order valence-electron chi connectivity index (χ0n) is 8.92. The fourth-order valence-electron chi connectivity index (χ4n) is 1.35. The van der Waals surface area contributed by atoms with E-state index in [0.717, 1.165) is 30.9 Å². The summed E-state index contributed by atoms with van der Waals surface area (Å²) in [6.45, 7) is 5.09. The topological polar surface area (TPSA) is 45.4 Å². The summed E-state index contributed by atoms with van der Waals surface area (Å²) in [7, 11) is 0. The van der Waals surface area contributed by atoms with Crippen molar-refractivity contribution in [1.29, 1.82) is 0 Å². The van der Waals surface area contributed by atoms with Gasteiger partial charge in [-0.2, -0.15) is 0 Å². The first-order valence-electron chi connectivity index (χ1n) is 5.12. The number of aliphatic hydroxyl groups excluding tert-OH is 1. The summed E-state index contributed by atoms with van der Waals surface area (Å²) in [4.78, 5) is 0. The lowest BCUT2D eigenvalue weighted by molar-refractivity contribution is 0.275. The van der Waals surface area contributed by atoms with Gasteiger partial charge in [0, 0.05) is 12.6 Å². The normalized spacial score (nSPS) is 13.1. The van der Waals surface area contributed by atoms with E-state index in [-0.39, 0.29) is 6.61 Å². The molecular weight excluding hydrogens is 178 g/mol. The minimum Gasteiger partial charge on any atom is -0.465 e. The van der Waals surface area contributed by atoms with Crippen LogP contribution < -0.4 is 5.32 Å². The summed E-state index contributed by atoms with van der Waals surface area (Å²) in [5.74, 6) is 1.92. The lowest BCUT2D eigenvalue weighted by atomic mass is 10.2. The van der Waals surface area contributed by atoms with Crippen molar-refractivity contribution < 1.29 is 9.52 Å². The second-order valence-electron chi connectivity index (χ2n) is 3.66. The van der Waals surface area contributed by atoms with Gasteiger partial charge in [0.05, 0.1) is 6.54 Å². The van der Waals surface area contributed by atoms with E-state index in [9.17, 15) is 0 Å². The summed E-state index contributed by atoms with van der Waals surface area (Å²) in [6.07, 6.45) is 1.85. The molecule has 1 aromatic rings. The molecule has 3 heteroatoms. The Morgan fingerprint density at radius 3 is 2.86 bits per heavy atom. The highest BCUT2D eigenvalue weighted by molar-refractivity contribution is 5.05. The third kappa shape index (κ3) is 3.94. The van der Waals surface area contributed by atoms with Gasteiger partial charge >= 0.3 is 0 Å². The molecule has 0 aromatic carbocycles. The van der Waals surface area contributed by atoms with E-state index >= 15 is 0 Å². The second kappa shape index (κ2) is 5.83. The first-order chi connectivity index (χ1) is 6.72. The van der Waals surface area contributed by atoms with E-state index in [2.05, 4.69) is 12.2 Å². The van der Waals surface area contributed by atoms with Crippen LogP contribution in [0.3, 0.4) is 0 Å². The highest BCUT2D eigenvalue weighted by atomic mass is 16.3. The van der Waals surface area contributed by atoms with Crippen LogP contribution in [0.2, 0.25) is 0 Å². The molecule has 0 aliphatic rings. The number of hydrogen-bond donors (Lipinski definition) is 2. The number of aryl methyl sites for hydroxylation is 1. The van der Waals surface area contributed by atoms with Gasteiger partial charge in [-0.05, 0) is 38.8 Å². The van der Waals surface area contributed by atoms with E-state index in [4.69, 9.17) is 9.52 Å². The molecule has 80 valence electrons. The van der Waals surface area contributed by atoms with Gasteiger partial charge in [-0.1, -0.05) is 0 Å². The summed E-state index contributed by atoms with van der Waals surface area (Å²) in [5.41, 5.74) is 0. The molecular formula is C11H19NO2. The molecule has 0 aliphatic heterocycles. The SMILES string of the molecule is Cc1ccc(CN[C@H](C)CCCO)o1. The molecule has 0 amide bonds. The van der Waals surface area contributed by atoms with Crippen molar-refractivity contribution in [1.82, 2.24) is 5.32 Å². The van der Waals surface area contributed by atoms with Crippen molar-refractivity contribution in [2.75, 3.05) is 6.61 Å². The van der Waals surface area contributed by atoms with Crippen LogP contribution in [0, 0.1) is 6.92 Å². The molecule has 0 spiro atoms. The quantitative estimate of drug-likeness (QED) is 0.731. The van der Waals surface area contributed by atoms with Gasteiger partial charge in [-0.25, -0.2) is 0 Å². The molecule has 0 bridgehead atoms. The van der Waals surface area contributed by atoms with Gasteiger partial charge in [-0.15, -0.1) is 0 Å². The highest BCUT2D eigenvalue weighted by Crippen LogP contribution is 2.06. The molecule has 1 rings (SSSR count). The Hall–Kier alpha value is -0.800. The lowest BCUT2D eigenvalue weighted by Gasteiger charge is -2.11. The molecule has 1 heterocycles. The fraction of sp³-hybridized carbons (Fsp3) is 0.636. The van der Waals surface area contributed by atoms with E-state index in [1.54, 1.807) is 0 Å². The highest BCUT2D eigenvalue weighted by Gasteiger charge is 2.02. The number of nitrogens with one attached hydrogen (secondary N) is 1. The Labute approximate surface area is 85.1 Å². The van der Waals surface area contributed by atoms with Gasteiger partial charge in [0.15, 0.2) is 0 Å². The minimum absolute atomic E-state index is 0.270. The Balaban J connectivity index is 2.20. The van der Waals surface area contributed by atoms with Crippen LogP contribution in [0.4, 0.5) is 0 Å². The van der Waals surface area contributed by atoms with Crippen molar-refractivity contribution in [3.8, 4) is 0 Å². The molecule has 1 atom stereocenters. The standard InChI is InChI=1S/C11H19NO2/c1-9(4-3-7-13)12-8-11-6-5-10(2)14-11/h5-6,9,12-13H,3-4,7-8H2,1-2H3/t9-/m1/s1. The number of furan rings is 1. The maximum Gasteiger partial charge on any atom is 0.117 e. The Morgan fingerprint density at radius 1 is 1.50 bits per heavy atom. The van der Waals surface area contributed by atoms with Crippen molar-refractivity contribution in [2.45, 2.75) is 39.3 Å².